The normalized spacial score (nSPS) is 13.9. The fourth-order valence-corrected chi connectivity index (χ4v) is 1.75. The number of nitrogens with zero attached hydrogens (tertiary/aromatic N) is 1. The largest absolute Gasteiger partial charge is 0.355 e. The molecule has 18 heavy (non-hydrogen) atoms. The first-order valence-corrected chi connectivity index (χ1v) is 5.73. The molecule has 5 heteroatoms. The maximum absolute atomic E-state index is 11.6. The number of H-pyrrole nitrogens is 1. The number of rotatable bonds is 4. The van der Waals surface area contributed by atoms with Gasteiger partial charge in [0, 0.05) is 18.9 Å². The molecule has 1 aromatic carbocycles. The van der Waals surface area contributed by atoms with Crippen LogP contribution in [0.1, 0.15) is 12.5 Å². The molecular weight excluding hydrogens is 228 g/mol. The van der Waals surface area contributed by atoms with Crippen LogP contribution < -0.4 is 16.6 Å². The van der Waals surface area contributed by atoms with Crippen LogP contribution in [0.25, 0.3) is 0 Å². The van der Waals surface area contributed by atoms with Gasteiger partial charge in [-0.05, 0) is 12.5 Å². The number of nitrogens with one attached hydrogen (secondary N) is 2. The smallest absolute Gasteiger partial charge is 0.290 e. The van der Waals surface area contributed by atoms with Gasteiger partial charge in [0.1, 0.15) is 0 Å². The van der Waals surface area contributed by atoms with Gasteiger partial charge in [-0.1, -0.05) is 30.3 Å². The zero-order valence-electron chi connectivity index (χ0n) is 10.2. The molecule has 0 saturated carbocycles. The highest BCUT2D eigenvalue weighted by atomic mass is 16.1. The molecule has 0 aliphatic rings. The molecule has 0 spiro atoms. The standard InChI is InChI=1S/C13H16N4O/c1-13(9-14,10-5-3-2-4-6-10)17-11-12(18)16-8-7-15-11/h2-8H,9,14H2,1H3,(H,15,17)(H,16,18). The molecule has 2 aromatic rings. The Bertz CT molecular complexity index is 566. The summed E-state index contributed by atoms with van der Waals surface area (Å²) in [6.07, 6.45) is 3.03. The molecule has 0 radical (unpaired) electrons. The summed E-state index contributed by atoms with van der Waals surface area (Å²) >= 11 is 0. The monoisotopic (exact) mass is 244 g/mol. The topological polar surface area (TPSA) is 83.8 Å². The first kappa shape index (κ1) is 12.3. The van der Waals surface area contributed by atoms with Gasteiger partial charge in [0.15, 0.2) is 5.82 Å². The van der Waals surface area contributed by atoms with Crippen LogP contribution in [0.4, 0.5) is 5.82 Å². The molecule has 0 aliphatic heterocycles. The summed E-state index contributed by atoms with van der Waals surface area (Å²) in [7, 11) is 0. The Hall–Kier alpha value is -2.14. The van der Waals surface area contributed by atoms with E-state index in [1.54, 1.807) is 0 Å². The molecule has 2 rings (SSSR count). The Morgan fingerprint density at radius 1 is 1.39 bits per heavy atom. The average Bonchev–Trinajstić information content (AvgIpc) is 2.42. The molecule has 0 aliphatic carbocycles. The molecular formula is C13H16N4O. The minimum Gasteiger partial charge on any atom is -0.355 e. The number of benzene rings is 1. The second-order valence-corrected chi connectivity index (χ2v) is 4.29. The molecule has 4 N–H and O–H groups in total. The van der Waals surface area contributed by atoms with Crippen LogP contribution in [0, 0.1) is 0 Å². The first-order chi connectivity index (χ1) is 8.65. The van der Waals surface area contributed by atoms with Crippen molar-refractivity contribution in [3.05, 3.63) is 58.6 Å². The van der Waals surface area contributed by atoms with Gasteiger partial charge in [0.2, 0.25) is 0 Å². The van der Waals surface area contributed by atoms with Crippen molar-refractivity contribution in [3.63, 3.8) is 0 Å². The van der Waals surface area contributed by atoms with Gasteiger partial charge in [0.25, 0.3) is 5.56 Å². The Morgan fingerprint density at radius 2 is 2.11 bits per heavy atom. The molecule has 1 atom stereocenters. The minimum atomic E-state index is -0.525. The highest BCUT2D eigenvalue weighted by Crippen LogP contribution is 2.22. The summed E-state index contributed by atoms with van der Waals surface area (Å²) in [6.45, 7) is 2.30. The third-order valence-corrected chi connectivity index (χ3v) is 2.92. The van der Waals surface area contributed by atoms with Crippen LogP contribution >= 0.6 is 0 Å². The third-order valence-electron chi connectivity index (χ3n) is 2.92. The molecule has 1 heterocycles. The molecule has 1 unspecified atom stereocenters. The lowest BCUT2D eigenvalue weighted by molar-refractivity contribution is 0.552. The van der Waals surface area contributed by atoms with Crippen molar-refractivity contribution in [1.82, 2.24) is 9.97 Å². The van der Waals surface area contributed by atoms with E-state index in [1.807, 2.05) is 37.3 Å². The van der Waals surface area contributed by atoms with Crippen molar-refractivity contribution in [2.45, 2.75) is 12.5 Å². The van der Waals surface area contributed by atoms with Crippen LogP contribution in [0.15, 0.2) is 47.5 Å². The average molecular weight is 244 g/mol. The van der Waals surface area contributed by atoms with Gasteiger partial charge in [-0.25, -0.2) is 4.98 Å². The molecule has 0 bridgehead atoms. The minimum absolute atomic E-state index is 0.256. The molecule has 0 saturated heterocycles. The van der Waals surface area contributed by atoms with E-state index in [1.165, 1.54) is 12.4 Å². The fourth-order valence-electron chi connectivity index (χ4n) is 1.75. The zero-order chi connectivity index (χ0) is 13.0. The molecule has 1 aromatic heterocycles. The van der Waals surface area contributed by atoms with E-state index in [9.17, 15) is 4.79 Å². The molecule has 94 valence electrons. The summed E-state index contributed by atoms with van der Waals surface area (Å²) in [5.41, 5.74) is 6.06. The summed E-state index contributed by atoms with van der Waals surface area (Å²) in [5.74, 6) is 0.273. The number of hydrogen-bond acceptors (Lipinski definition) is 4. The van der Waals surface area contributed by atoms with Gasteiger partial charge >= 0.3 is 0 Å². The summed E-state index contributed by atoms with van der Waals surface area (Å²) in [5, 5.41) is 3.11. The Morgan fingerprint density at radius 3 is 2.72 bits per heavy atom. The summed E-state index contributed by atoms with van der Waals surface area (Å²) in [6, 6.07) is 9.75. The van der Waals surface area contributed by atoms with Gasteiger partial charge in [-0.2, -0.15) is 0 Å². The van der Waals surface area contributed by atoms with Crippen LogP contribution in [0.5, 0.6) is 0 Å². The van der Waals surface area contributed by atoms with Gasteiger partial charge in [0.05, 0.1) is 5.54 Å². The quantitative estimate of drug-likeness (QED) is 0.750. The highest BCUT2D eigenvalue weighted by molar-refractivity contribution is 5.40. The highest BCUT2D eigenvalue weighted by Gasteiger charge is 2.25. The van der Waals surface area contributed by atoms with Crippen molar-refractivity contribution in [2.24, 2.45) is 5.73 Å². The number of aromatic amines is 1. The van der Waals surface area contributed by atoms with E-state index in [4.69, 9.17) is 5.73 Å². The lowest BCUT2D eigenvalue weighted by atomic mass is 9.92. The Kier molecular flexibility index (Phi) is 3.43. The maximum atomic E-state index is 11.6. The van der Waals surface area contributed by atoms with Crippen LogP contribution in [0.3, 0.4) is 0 Å². The summed E-state index contributed by atoms with van der Waals surface area (Å²) in [4.78, 5) is 18.2. The van der Waals surface area contributed by atoms with E-state index in [0.29, 0.717) is 6.54 Å². The van der Waals surface area contributed by atoms with Crippen LogP contribution in [0.2, 0.25) is 0 Å². The number of anilines is 1. The second-order valence-electron chi connectivity index (χ2n) is 4.29. The van der Waals surface area contributed by atoms with E-state index in [2.05, 4.69) is 15.3 Å². The van der Waals surface area contributed by atoms with Crippen molar-refractivity contribution in [3.8, 4) is 0 Å². The maximum Gasteiger partial charge on any atom is 0.290 e. The fraction of sp³-hybridized carbons (Fsp3) is 0.231. The van der Waals surface area contributed by atoms with E-state index < -0.39 is 5.54 Å². The Labute approximate surface area is 105 Å². The van der Waals surface area contributed by atoms with Crippen molar-refractivity contribution >= 4 is 5.82 Å². The first-order valence-electron chi connectivity index (χ1n) is 5.73. The number of nitrogens with two attached hydrogens (primary N) is 1. The lowest BCUT2D eigenvalue weighted by Crippen LogP contribution is -2.41. The zero-order valence-corrected chi connectivity index (χ0v) is 10.2. The third kappa shape index (κ3) is 2.41. The molecule has 5 nitrogen and oxygen atoms in total. The predicted molar refractivity (Wildman–Crippen MR) is 71.3 cm³/mol. The second kappa shape index (κ2) is 5.01. The van der Waals surface area contributed by atoms with Crippen molar-refractivity contribution in [2.75, 3.05) is 11.9 Å². The Balaban J connectivity index is 2.35. The van der Waals surface area contributed by atoms with E-state index in [-0.39, 0.29) is 11.4 Å². The SMILES string of the molecule is CC(CN)(Nc1ncc[nH]c1=O)c1ccccc1. The van der Waals surface area contributed by atoms with Crippen molar-refractivity contribution in [1.29, 1.82) is 0 Å². The van der Waals surface area contributed by atoms with Crippen LogP contribution in [-0.2, 0) is 5.54 Å². The van der Waals surface area contributed by atoms with E-state index in [0.717, 1.165) is 5.56 Å². The number of aromatic nitrogens is 2. The predicted octanol–water partition coefficient (Wildman–Crippen LogP) is 1.06. The van der Waals surface area contributed by atoms with Gasteiger partial charge in [-0.15, -0.1) is 0 Å². The molecule has 0 amide bonds. The summed E-state index contributed by atoms with van der Waals surface area (Å²) < 4.78 is 0. The van der Waals surface area contributed by atoms with Gasteiger partial charge < -0.3 is 16.0 Å². The van der Waals surface area contributed by atoms with Gasteiger partial charge in [-0.3, -0.25) is 4.79 Å². The number of hydrogen-bond donors (Lipinski definition) is 3. The van der Waals surface area contributed by atoms with E-state index >= 15 is 0 Å². The van der Waals surface area contributed by atoms with Crippen LogP contribution in [-0.4, -0.2) is 16.5 Å². The van der Waals surface area contributed by atoms with Crippen molar-refractivity contribution < 1.29 is 0 Å². The molecule has 0 fully saturated rings. The lowest BCUT2D eigenvalue weighted by Gasteiger charge is -2.30.